The van der Waals surface area contributed by atoms with E-state index in [2.05, 4.69) is 35.0 Å². The zero-order valence-corrected chi connectivity index (χ0v) is 20.3. The third-order valence-corrected chi connectivity index (χ3v) is 4.67. The molecule has 0 bridgehead atoms. The lowest BCUT2D eigenvalue weighted by atomic mass is 9.97. The summed E-state index contributed by atoms with van der Waals surface area (Å²) >= 11 is 0. The zero-order chi connectivity index (χ0) is 28.4. The van der Waals surface area contributed by atoms with Crippen LogP contribution in [0.1, 0.15) is 36.1 Å². The lowest BCUT2D eigenvalue weighted by Crippen LogP contribution is -2.30. The van der Waals surface area contributed by atoms with Crippen LogP contribution in [-0.4, -0.2) is 67.3 Å². The van der Waals surface area contributed by atoms with E-state index in [0.717, 1.165) is 32.7 Å². The topological polar surface area (TPSA) is 118 Å². The van der Waals surface area contributed by atoms with E-state index in [1.165, 1.54) is 22.3 Å². The minimum absolute atomic E-state index is 0.567. The van der Waals surface area contributed by atoms with E-state index in [1.807, 2.05) is 30.3 Å². The minimum atomic E-state index is -5.08. The molecule has 3 heterocycles. The Labute approximate surface area is 208 Å². The maximum absolute atomic E-state index is 10.6. The van der Waals surface area contributed by atoms with Gasteiger partial charge in [0.15, 0.2) is 0 Å². The average Bonchev–Trinajstić information content (AvgIpc) is 3.17. The van der Waals surface area contributed by atoms with Crippen molar-refractivity contribution in [1.82, 2.24) is 19.7 Å². The molecule has 1 aliphatic rings. The van der Waals surface area contributed by atoms with Gasteiger partial charge in [-0.3, -0.25) is 14.6 Å². The lowest BCUT2D eigenvalue weighted by Gasteiger charge is -2.29. The van der Waals surface area contributed by atoms with Crippen LogP contribution in [0.15, 0.2) is 24.8 Å². The third kappa shape index (κ3) is 12.1. The molecule has 0 fully saturated rings. The van der Waals surface area contributed by atoms with Crippen LogP contribution >= 0.6 is 0 Å². The van der Waals surface area contributed by atoms with E-state index in [-0.39, 0.29) is 0 Å². The predicted molar refractivity (Wildman–Crippen MR) is 117 cm³/mol. The molecule has 0 amide bonds. The van der Waals surface area contributed by atoms with Gasteiger partial charge in [0.25, 0.3) is 0 Å². The second-order valence-corrected chi connectivity index (χ2v) is 8.43. The first-order valence-corrected chi connectivity index (χ1v) is 10.8. The van der Waals surface area contributed by atoms with Gasteiger partial charge in [0.1, 0.15) is 0 Å². The number of pyridine rings is 1. The molecule has 3 rings (SSSR count). The Morgan fingerprint density at radius 3 is 2.08 bits per heavy atom. The normalized spacial score (nSPS) is 13.7. The van der Waals surface area contributed by atoms with Gasteiger partial charge in [0.05, 0.1) is 12.8 Å². The van der Waals surface area contributed by atoms with Crippen LogP contribution in [0.5, 0.6) is 0 Å². The van der Waals surface area contributed by atoms with Crippen LogP contribution in [0.2, 0.25) is 0 Å². The van der Waals surface area contributed by atoms with Crippen molar-refractivity contribution in [2.24, 2.45) is 13.0 Å². The number of carboxylic acid groups (broad SMARTS) is 2. The van der Waals surface area contributed by atoms with Crippen molar-refractivity contribution in [3.05, 3.63) is 47.0 Å². The van der Waals surface area contributed by atoms with E-state index >= 15 is 0 Å². The number of carboxylic acids is 2. The number of aromatic nitrogens is 3. The molecule has 15 heteroatoms. The van der Waals surface area contributed by atoms with Crippen LogP contribution in [0, 0.1) is 5.92 Å². The smallest absolute Gasteiger partial charge is 0.475 e. The predicted octanol–water partition coefficient (Wildman–Crippen LogP) is 3.81. The number of rotatable bonds is 6. The van der Waals surface area contributed by atoms with E-state index in [4.69, 9.17) is 24.5 Å². The van der Waals surface area contributed by atoms with Crippen molar-refractivity contribution in [2.75, 3.05) is 13.2 Å². The van der Waals surface area contributed by atoms with Crippen molar-refractivity contribution in [3.63, 3.8) is 0 Å². The molecule has 0 radical (unpaired) electrons. The van der Waals surface area contributed by atoms with E-state index in [9.17, 15) is 26.3 Å². The minimum Gasteiger partial charge on any atom is -0.475 e. The summed E-state index contributed by atoms with van der Waals surface area (Å²) in [6, 6.07) is 0. The summed E-state index contributed by atoms with van der Waals surface area (Å²) in [4.78, 5) is 24.7. The highest BCUT2D eigenvalue weighted by molar-refractivity contribution is 5.73. The number of ether oxygens (including phenoxy) is 1. The van der Waals surface area contributed by atoms with Gasteiger partial charge < -0.3 is 14.9 Å². The number of hydrogen-bond donors (Lipinski definition) is 2. The fourth-order valence-corrected chi connectivity index (χ4v) is 3.10. The molecule has 2 N–H and O–H groups in total. The molecule has 0 saturated heterocycles. The van der Waals surface area contributed by atoms with E-state index < -0.39 is 24.3 Å². The number of fused-ring (bicyclic) bond motifs is 1. The molecule has 0 aliphatic carbocycles. The van der Waals surface area contributed by atoms with Crippen LogP contribution in [0.4, 0.5) is 26.3 Å². The van der Waals surface area contributed by atoms with Crippen molar-refractivity contribution in [1.29, 1.82) is 0 Å². The number of aliphatic carboxylic acids is 2. The molecule has 1 aliphatic heterocycles. The summed E-state index contributed by atoms with van der Waals surface area (Å²) < 4.78 is 71.1. The highest BCUT2D eigenvalue weighted by Crippen LogP contribution is 2.23. The number of carbonyl (C=O) groups is 2. The van der Waals surface area contributed by atoms with Gasteiger partial charge in [0.2, 0.25) is 0 Å². The molecule has 37 heavy (non-hydrogen) atoms. The molecular weight excluding hydrogens is 514 g/mol. The maximum Gasteiger partial charge on any atom is 0.490 e. The van der Waals surface area contributed by atoms with E-state index in [1.54, 1.807) is 0 Å². The summed E-state index contributed by atoms with van der Waals surface area (Å²) in [5.74, 6) is -4.95. The molecule has 0 unspecified atom stereocenters. The Morgan fingerprint density at radius 2 is 1.62 bits per heavy atom. The standard InChI is InChI=1S/C18H26N4O.2C2HF3O2/c1-14(2)12-23-13-17-8-19-7-16-11-22(5-4-18(16)17)10-15-6-20-21(3)9-15;2*3-2(4,5)1(6)7/h6-9,14H,4-5,10-13H2,1-3H3;2*(H,6,7). The molecule has 0 aromatic carbocycles. The van der Waals surface area contributed by atoms with Crippen molar-refractivity contribution >= 4 is 11.9 Å². The van der Waals surface area contributed by atoms with Crippen molar-refractivity contribution < 1.29 is 50.9 Å². The molecule has 9 nitrogen and oxygen atoms in total. The van der Waals surface area contributed by atoms with Gasteiger partial charge in [-0.2, -0.15) is 31.4 Å². The second-order valence-electron chi connectivity index (χ2n) is 8.43. The number of alkyl halides is 6. The van der Waals surface area contributed by atoms with Crippen molar-refractivity contribution in [3.8, 4) is 0 Å². The number of hydrogen-bond acceptors (Lipinski definition) is 6. The highest BCUT2D eigenvalue weighted by atomic mass is 19.4. The first kappa shape index (κ1) is 31.8. The van der Waals surface area contributed by atoms with Crippen LogP contribution in [0.3, 0.4) is 0 Å². The van der Waals surface area contributed by atoms with Crippen molar-refractivity contribution in [2.45, 2.75) is 52.3 Å². The quantitative estimate of drug-likeness (QED) is 0.530. The molecule has 0 saturated carbocycles. The van der Waals surface area contributed by atoms with Gasteiger partial charge >= 0.3 is 24.3 Å². The summed E-state index contributed by atoms with van der Waals surface area (Å²) in [7, 11) is 1.96. The summed E-state index contributed by atoms with van der Waals surface area (Å²) in [6.07, 6.45) is -1.08. The Balaban J connectivity index is 0.000000404. The SMILES string of the molecule is CC(C)COCc1cncc2c1CCN(Cc1cnn(C)c1)C2.O=C(O)C(F)(F)F.O=C(O)C(F)(F)F. The van der Waals surface area contributed by atoms with Gasteiger partial charge in [-0.25, -0.2) is 9.59 Å². The molecule has 208 valence electrons. The van der Waals surface area contributed by atoms with Gasteiger partial charge in [0, 0.05) is 57.4 Å². The summed E-state index contributed by atoms with van der Waals surface area (Å²) in [5.41, 5.74) is 5.29. The molecule has 2 aromatic rings. The molecule has 2 aromatic heterocycles. The largest absolute Gasteiger partial charge is 0.490 e. The number of aryl methyl sites for hydroxylation is 1. The van der Waals surface area contributed by atoms with Crippen LogP contribution in [-0.2, 0) is 47.5 Å². The monoisotopic (exact) mass is 542 g/mol. The first-order chi connectivity index (χ1) is 17.0. The highest BCUT2D eigenvalue weighted by Gasteiger charge is 2.38. The third-order valence-electron chi connectivity index (χ3n) is 4.67. The maximum atomic E-state index is 10.6. The Bertz CT molecular complexity index is 1000. The first-order valence-electron chi connectivity index (χ1n) is 10.8. The Hall–Kier alpha value is -3.20. The van der Waals surface area contributed by atoms with Gasteiger partial charge in [-0.1, -0.05) is 13.8 Å². The van der Waals surface area contributed by atoms with Crippen LogP contribution in [0.25, 0.3) is 0 Å². The zero-order valence-electron chi connectivity index (χ0n) is 20.3. The fraction of sp³-hybridized carbons (Fsp3) is 0.545. The van der Waals surface area contributed by atoms with Crippen LogP contribution < -0.4 is 0 Å². The number of nitrogens with zero attached hydrogens (tertiary/aromatic N) is 4. The lowest BCUT2D eigenvalue weighted by molar-refractivity contribution is -0.193. The molecule has 0 atom stereocenters. The van der Waals surface area contributed by atoms with Gasteiger partial charge in [-0.15, -0.1) is 0 Å². The second kappa shape index (κ2) is 13.9. The van der Waals surface area contributed by atoms with E-state index in [0.29, 0.717) is 12.5 Å². The Morgan fingerprint density at radius 1 is 1.05 bits per heavy atom. The summed E-state index contributed by atoms with van der Waals surface area (Å²) in [6.45, 7) is 8.80. The summed E-state index contributed by atoms with van der Waals surface area (Å²) in [5, 5.41) is 18.5. The molecule has 0 spiro atoms. The Kier molecular flexibility index (Phi) is 12.0. The molecular formula is C22H28F6N4O5. The van der Waals surface area contributed by atoms with Gasteiger partial charge in [-0.05, 0) is 29.0 Å². The average molecular weight is 542 g/mol. The number of halogens is 6. The fourth-order valence-electron chi connectivity index (χ4n) is 3.10.